The Morgan fingerprint density at radius 1 is 1.04 bits per heavy atom. The monoisotopic (exact) mass is 306 g/mol. The molecule has 3 heteroatoms. The van der Waals surface area contributed by atoms with Crippen molar-refractivity contribution in [1.82, 2.24) is 9.88 Å². The van der Waals surface area contributed by atoms with Gasteiger partial charge in [-0.25, -0.2) is 0 Å². The molecule has 2 aliphatic rings. The van der Waals surface area contributed by atoms with Crippen molar-refractivity contribution in [3.8, 4) is 0 Å². The van der Waals surface area contributed by atoms with Crippen LogP contribution in [0, 0.1) is 17.8 Å². The highest BCUT2D eigenvalue weighted by molar-refractivity contribution is 5.92. The number of hydrogen-bond donors (Lipinski definition) is 0. The summed E-state index contributed by atoms with van der Waals surface area (Å²) < 4.78 is 0. The van der Waals surface area contributed by atoms with Gasteiger partial charge in [-0.05, 0) is 54.7 Å². The number of benzene rings is 1. The molecule has 3 atom stereocenters. The summed E-state index contributed by atoms with van der Waals surface area (Å²) in [6.45, 7) is 1.81. The smallest absolute Gasteiger partial charge is 0.272 e. The number of aromatic nitrogens is 1. The topological polar surface area (TPSA) is 33.2 Å². The first kappa shape index (κ1) is 14.4. The number of pyridine rings is 1. The van der Waals surface area contributed by atoms with Gasteiger partial charge < -0.3 is 4.90 Å². The van der Waals surface area contributed by atoms with E-state index in [-0.39, 0.29) is 5.91 Å². The molecule has 3 nitrogen and oxygen atoms in total. The first-order valence-corrected chi connectivity index (χ1v) is 8.55. The van der Waals surface area contributed by atoms with Gasteiger partial charge in [-0.2, -0.15) is 0 Å². The van der Waals surface area contributed by atoms with E-state index in [4.69, 9.17) is 0 Å². The third-order valence-electron chi connectivity index (χ3n) is 5.52. The van der Waals surface area contributed by atoms with Crippen LogP contribution in [0.4, 0.5) is 0 Å². The van der Waals surface area contributed by atoms with Crippen LogP contribution in [0.15, 0.2) is 54.7 Å². The molecule has 2 aromatic rings. The highest BCUT2D eigenvalue weighted by atomic mass is 16.2. The van der Waals surface area contributed by atoms with Crippen LogP contribution in [0.25, 0.3) is 0 Å². The van der Waals surface area contributed by atoms with Crippen molar-refractivity contribution >= 4 is 5.91 Å². The van der Waals surface area contributed by atoms with E-state index >= 15 is 0 Å². The minimum Gasteiger partial charge on any atom is -0.337 e. The Labute approximate surface area is 137 Å². The van der Waals surface area contributed by atoms with Crippen molar-refractivity contribution < 1.29 is 4.79 Å². The van der Waals surface area contributed by atoms with Crippen LogP contribution in [0.3, 0.4) is 0 Å². The zero-order valence-corrected chi connectivity index (χ0v) is 13.3. The van der Waals surface area contributed by atoms with Gasteiger partial charge in [-0.15, -0.1) is 0 Å². The van der Waals surface area contributed by atoms with E-state index in [0.717, 1.165) is 19.5 Å². The zero-order chi connectivity index (χ0) is 15.6. The summed E-state index contributed by atoms with van der Waals surface area (Å²) in [5.41, 5.74) is 2.00. The van der Waals surface area contributed by atoms with E-state index in [9.17, 15) is 4.79 Å². The van der Waals surface area contributed by atoms with E-state index in [1.165, 1.54) is 18.4 Å². The Balaban J connectivity index is 1.44. The van der Waals surface area contributed by atoms with Gasteiger partial charge in [0.05, 0.1) is 0 Å². The van der Waals surface area contributed by atoms with Gasteiger partial charge in [0.2, 0.25) is 0 Å². The molecule has 1 aliphatic heterocycles. The molecule has 1 saturated heterocycles. The van der Waals surface area contributed by atoms with Crippen molar-refractivity contribution in [2.75, 3.05) is 13.1 Å². The van der Waals surface area contributed by atoms with Crippen molar-refractivity contribution in [3.05, 3.63) is 66.0 Å². The van der Waals surface area contributed by atoms with Gasteiger partial charge in [0, 0.05) is 19.3 Å². The minimum atomic E-state index is 0.0958. The van der Waals surface area contributed by atoms with Crippen molar-refractivity contribution in [2.24, 2.45) is 17.8 Å². The summed E-state index contributed by atoms with van der Waals surface area (Å²) in [5, 5.41) is 0. The Hall–Kier alpha value is -2.16. The molecule has 1 aromatic heterocycles. The van der Waals surface area contributed by atoms with Gasteiger partial charge in [-0.1, -0.05) is 36.4 Å². The summed E-state index contributed by atoms with van der Waals surface area (Å²) in [7, 11) is 0. The molecule has 0 radical (unpaired) electrons. The highest BCUT2D eigenvalue weighted by Gasteiger charge is 2.43. The molecule has 1 saturated carbocycles. The molecule has 23 heavy (non-hydrogen) atoms. The number of hydrogen-bond acceptors (Lipinski definition) is 2. The van der Waals surface area contributed by atoms with E-state index in [1.807, 2.05) is 23.1 Å². The molecule has 0 spiro atoms. The average Bonchev–Trinajstić information content (AvgIpc) is 3.18. The normalized spacial score (nSPS) is 26.3. The van der Waals surface area contributed by atoms with Crippen LogP contribution in [0.2, 0.25) is 0 Å². The Kier molecular flexibility index (Phi) is 3.86. The minimum absolute atomic E-state index is 0.0958. The molecule has 0 N–H and O–H groups in total. The molecule has 0 unspecified atom stereocenters. The summed E-state index contributed by atoms with van der Waals surface area (Å²) >= 11 is 0. The molecule has 1 aliphatic carbocycles. The lowest BCUT2D eigenvalue weighted by molar-refractivity contribution is 0.0771. The fourth-order valence-corrected chi connectivity index (χ4v) is 4.37. The van der Waals surface area contributed by atoms with Gasteiger partial charge in [-0.3, -0.25) is 9.78 Å². The first-order chi connectivity index (χ1) is 11.3. The molecule has 1 aromatic carbocycles. The molecule has 118 valence electrons. The maximum Gasteiger partial charge on any atom is 0.272 e. The van der Waals surface area contributed by atoms with Crippen LogP contribution >= 0.6 is 0 Å². The number of carbonyl (C=O) groups excluding carboxylic acids is 1. The van der Waals surface area contributed by atoms with E-state index in [0.29, 0.717) is 23.4 Å². The summed E-state index contributed by atoms with van der Waals surface area (Å²) in [6.07, 6.45) is 5.40. The number of fused-ring (bicyclic) bond motifs is 1. The van der Waals surface area contributed by atoms with Crippen molar-refractivity contribution in [1.29, 1.82) is 0 Å². The van der Waals surface area contributed by atoms with Gasteiger partial charge in [0.15, 0.2) is 0 Å². The Bertz CT molecular complexity index is 671. The van der Waals surface area contributed by atoms with Crippen LogP contribution < -0.4 is 0 Å². The second-order valence-corrected chi connectivity index (χ2v) is 6.88. The SMILES string of the molecule is O=C(c1ccccn1)N1C[C@H]2CC[C@H](Cc3ccccc3)[C@H]2C1. The molecule has 0 bridgehead atoms. The Morgan fingerprint density at radius 2 is 1.87 bits per heavy atom. The van der Waals surface area contributed by atoms with Gasteiger partial charge in [0.1, 0.15) is 5.69 Å². The molecular formula is C20H22N2O. The maximum atomic E-state index is 12.6. The lowest BCUT2D eigenvalue weighted by Gasteiger charge is -2.20. The number of nitrogens with zero attached hydrogens (tertiary/aromatic N) is 2. The zero-order valence-electron chi connectivity index (χ0n) is 13.3. The molecule has 2 heterocycles. The van der Waals surface area contributed by atoms with E-state index in [1.54, 1.807) is 6.20 Å². The second-order valence-electron chi connectivity index (χ2n) is 6.88. The fraction of sp³-hybridized carbons (Fsp3) is 0.400. The predicted octanol–water partition coefficient (Wildman–Crippen LogP) is 3.42. The summed E-state index contributed by atoms with van der Waals surface area (Å²) in [4.78, 5) is 18.8. The molecule has 4 rings (SSSR count). The quantitative estimate of drug-likeness (QED) is 0.870. The number of amides is 1. The second kappa shape index (κ2) is 6.15. The third-order valence-corrected chi connectivity index (χ3v) is 5.52. The average molecular weight is 306 g/mol. The highest BCUT2D eigenvalue weighted by Crippen LogP contribution is 2.43. The standard InChI is InChI=1S/C20H22N2O/c23-20(19-8-4-5-11-21-19)22-13-17-10-9-16(18(17)14-22)12-15-6-2-1-3-7-15/h1-8,11,16-18H,9-10,12-14H2/t16-,17-,18-/m1/s1. The molecule has 1 amide bonds. The largest absolute Gasteiger partial charge is 0.337 e. The lowest BCUT2D eigenvalue weighted by Crippen LogP contribution is -2.31. The maximum absolute atomic E-state index is 12.6. The van der Waals surface area contributed by atoms with Gasteiger partial charge in [0.25, 0.3) is 5.91 Å². The van der Waals surface area contributed by atoms with Crippen molar-refractivity contribution in [3.63, 3.8) is 0 Å². The first-order valence-electron chi connectivity index (χ1n) is 8.55. The van der Waals surface area contributed by atoms with E-state index in [2.05, 4.69) is 35.3 Å². The number of likely N-dealkylation sites (tertiary alicyclic amines) is 1. The summed E-state index contributed by atoms with van der Waals surface area (Å²) in [6, 6.07) is 16.3. The van der Waals surface area contributed by atoms with Crippen LogP contribution in [0.1, 0.15) is 28.9 Å². The third kappa shape index (κ3) is 2.88. The van der Waals surface area contributed by atoms with Crippen molar-refractivity contribution in [2.45, 2.75) is 19.3 Å². The predicted molar refractivity (Wildman–Crippen MR) is 90.0 cm³/mol. The van der Waals surface area contributed by atoms with Gasteiger partial charge >= 0.3 is 0 Å². The fourth-order valence-electron chi connectivity index (χ4n) is 4.37. The lowest BCUT2D eigenvalue weighted by atomic mass is 9.87. The molecular weight excluding hydrogens is 284 g/mol. The molecule has 2 fully saturated rings. The van der Waals surface area contributed by atoms with Crippen LogP contribution in [-0.4, -0.2) is 28.9 Å². The van der Waals surface area contributed by atoms with Crippen LogP contribution in [-0.2, 0) is 6.42 Å². The van der Waals surface area contributed by atoms with E-state index < -0.39 is 0 Å². The number of rotatable bonds is 3. The summed E-state index contributed by atoms with van der Waals surface area (Å²) in [5.74, 6) is 2.14. The van der Waals surface area contributed by atoms with Crippen LogP contribution in [0.5, 0.6) is 0 Å². The number of carbonyl (C=O) groups is 1. The Morgan fingerprint density at radius 3 is 2.65 bits per heavy atom.